The Morgan fingerprint density at radius 1 is 0.656 bits per heavy atom. The van der Waals surface area contributed by atoms with Crippen molar-refractivity contribution in [3.8, 4) is 0 Å². The molecule has 0 rings (SSSR count). The van der Waals surface area contributed by atoms with Crippen molar-refractivity contribution in [3.63, 3.8) is 0 Å². The molecule has 0 radical (unpaired) electrons. The first kappa shape index (κ1) is 32.4. The molecule has 0 aliphatic carbocycles. The van der Waals surface area contributed by atoms with E-state index in [0.29, 0.717) is 11.1 Å². The first-order valence-electron chi connectivity index (χ1n) is 12.4. The van der Waals surface area contributed by atoms with Crippen molar-refractivity contribution >= 4 is 60.1 Å². The summed E-state index contributed by atoms with van der Waals surface area (Å²) in [6, 6.07) is 0. The van der Waals surface area contributed by atoms with Crippen molar-refractivity contribution in [2.45, 2.75) is 116 Å². The van der Waals surface area contributed by atoms with Gasteiger partial charge in [-0.3, -0.25) is 4.79 Å². The van der Waals surface area contributed by atoms with Crippen molar-refractivity contribution < 1.29 is 17.1 Å². The molecule has 0 fully saturated rings. The predicted octanol–water partition coefficient (Wildman–Crippen LogP) is 4.17. The number of hydrogen-bond donors (Lipinski definition) is 1. The molecule has 32 heavy (non-hydrogen) atoms. The smallest absolute Gasteiger partial charge is 0.244 e. The zero-order chi connectivity index (χ0) is 25.3. The number of amides is 1. The van der Waals surface area contributed by atoms with Crippen LogP contribution in [0.15, 0.2) is 11.1 Å². The monoisotopic (exact) mass is 551 g/mol. The quantitative estimate of drug-likeness (QED) is 0.231. The lowest BCUT2D eigenvalue weighted by atomic mass is 9.94. The lowest BCUT2D eigenvalue weighted by Crippen LogP contribution is -2.35. The van der Waals surface area contributed by atoms with Gasteiger partial charge in [0, 0.05) is 11.1 Å². The van der Waals surface area contributed by atoms with Gasteiger partial charge in [-0.05, 0) is 76.4 Å². The molecule has 0 aliphatic heterocycles. The van der Waals surface area contributed by atoms with Crippen LogP contribution in [0.3, 0.4) is 0 Å². The number of hydrogen-bond acceptors (Lipinski definition) is 4. The van der Waals surface area contributed by atoms with Gasteiger partial charge in [-0.2, -0.15) is 0 Å². The first-order valence-corrected chi connectivity index (χ1v) is 26.8. The van der Waals surface area contributed by atoms with Crippen LogP contribution in [0.5, 0.6) is 0 Å². The van der Waals surface area contributed by atoms with Crippen LogP contribution in [0.1, 0.15) is 40.0 Å². The molecule has 3 atom stereocenters. The Morgan fingerprint density at radius 2 is 0.938 bits per heavy atom. The van der Waals surface area contributed by atoms with Crippen LogP contribution in [0.25, 0.3) is 0 Å². The highest BCUT2D eigenvalue weighted by Gasteiger charge is 2.33. The molecular weight excluding hydrogens is 499 g/mol. The maximum atomic E-state index is 13.0. The summed E-state index contributed by atoms with van der Waals surface area (Å²) in [6.07, 6.45) is 2.93. The summed E-state index contributed by atoms with van der Waals surface area (Å²) >= 11 is 0. The Hall–Kier alpha value is 0.391. The SMILES string of the molecule is CCC([SiH2]O[Si](C)(C)C)C(C(N)=O)=C(C(CC)[SiH2]O[Si](C)(C)C)C(CC)[SiH2]O[Si](C)(C)C. The molecule has 0 spiro atoms. The van der Waals surface area contributed by atoms with Crippen molar-refractivity contribution in [2.24, 2.45) is 5.73 Å². The van der Waals surface area contributed by atoms with E-state index in [9.17, 15) is 4.79 Å². The molecule has 0 bridgehead atoms. The Balaban J connectivity index is 6.52. The van der Waals surface area contributed by atoms with Gasteiger partial charge in [-0.15, -0.1) is 0 Å². The predicted molar refractivity (Wildman–Crippen MR) is 157 cm³/mol. The number of nitrogens with two attached hydrogens (primary N) is 1. The van der Waals surface area contributed by atoms with Crippen LogP contribution >= 0.6 is 0 Å². The average molecular weight is 552 g/mol. The second-order valence-electron chi connectivity index (χ2n) is 11.8. The molecule has 5 nitrogen and oxygen atoms in total. The van der Waals surface area contributed by atoms with E-state index in [-0.39, 0.29) is 11.4 Å². The van der Waals surface area contributed by atoms with Gasteiger partial charge in [0.2, 0.25) is 5.91 Å². The van der Waals surface area contributed by atoms with E-state index in [2.05, 4.69) is 79.7 Å². The van der Waals surface area contributed by atoms with Crippen LogP contribution < -0.4 is 5.73 Å². The first-order chi connectivity index (χ1) is 14.5. The van der Waals surface area contributed by atoms with Crippen molar-refractivity contribution in [1.29, 1.82) is 0 Å². The summed E-state index contributed by atoms with van der Waals surface area (Å²) in [6.45, 7) is 26.9. The van der Waals surface area contributed by atoms with Gasteiger partial charge in [0.15, 0.2) is 54.2 Å². The molecule has 1 amide bonds. The fraction of sp³-hybridized carbons (Fsp3) is 0.857. The van der Waals surface area contributed by atoms with Crippen LogP contribution in [-0.2, 0) is 17.1 Å². The summed E-state index contributed by atoms with van der Waals surface area (Å²) < 4.78 is 19.5. The average Bonchev–Trinajstić information content (AvgIpc) is 2.61. The lowest BCUT2D eigenvalue weighted by Gasteiger charge is -2.34. The van der Waals surface area contributed by atoms with Crippen molar-refractivity contribution in [2.75, 3.05) is 0 Å². The summed E-state index contributed by atoms with van der Waals surface area (Å²) in [5.74, 6) is -0.237. The molecule has 0 saturated heterocycles. The zero-order valence-corrected chi connectivity index (χ0v) is 30.4. The van der Waals surface area contributed by atoms with Gasteiger partial charge in [-0.1, -0.05) is 39.2 Å². The normalized spacial score (nSPS) is 17.0. The topological polar surface area (TPSA) is 70.8 Å². The highest BCUT2D eigenvalue weighted by atomic mass is 28.4. The standard InChI is InChI=1S/C21H53NO4Si6/c1-13-16(27-24-30(4,5)6)19(17(14-2)28-25-31(7,8)9)20(21(22)23)18(15-3)29-26-32(10,11)12/h16-18H,13-15,27-29H2,1-12H3,(H2,22,23). The van der Waals surface area contributed by atoms with Crippen LogP contribution in [0.2, 0.25) is 75.5 Å². The van der Waals surface area contributed by atoms with Crippen molar-refractivity contribution in [3.05, 3.63) is 11.1 Å². The fourth-order valence-corrected chi connectivity index (χ4v) is 15.2. The molecule has 190 valence electrons. The van der Waals surface area contributed by atoms with Crippen LogP contribution in [-0.4, -0.2) is 60.1 Å². The third kappa shape index (κ3) is 13.3. The minimum Gasteiger partial charge on any atom is -0.460 e. The molecule has 0 heterocycles. The number of carbonyl (C=O) groups is 1. The van der Waals surface area contributed by atoms with E-state index in [1.165, 1.54) is 5.57 Å². The van der Waals surface area contributed by atoms with E-state index < -0.39 is 54.2 Å². The fourth-order valence-electron chi connectivity index (χ4n) is 3.66. The van der Waals surface area contributed by atoms with E-state index in [0.717, 1.165) is 24.8 Å². The Labute approximate surface area is 209 Å². The summed E-state index contributed by atoms with van der Waals surface area (Å²) in [5.41, 5.74) is 9.24. The van der Waals surface area contributed by atoms with Gasteiger partial charge in [0.1, 0.15) is 0 Å². The van der Waals surface area contributed by atoms with E-state index >= 15 is 0 Å². The highest BCUT2D eigenvalue weighted by molar-refractivity contribution is 6.75. The van der Waals surface area contributed by atoms with Gasteiger partial charge < -0.3 is 18.1 Å². The molecule has 2 N–H and O–H groups in total. The second-order valence-corrected chi connectivity index (χ2v) is 31.9. The van der Waals surface area contributed by atoms with E-state index in [4.69, 9.17) is 18.1 Å². The molecule has 0 aliphatic rings. The highest BCUT2D eigenvalue weighted by Crippen LogP contribution is 2.41. The lowest BCUT2D eigenvalue weighted by molar-refractivity contribution is -0.114. The second kappa shape index (κ2) is 14.1. The van der Waals surface area contributed by atoms with Gasteiger partial charge >= 0.3 is 0 Å². The van der Waals surface area contributed by atoms with E-state index in [1.807, 2.05) is 0 Å². The number of allylic oxidation sites excluding steroid dienone is 1. The zero-order valence-electron chi connectivity index (χ0n) is 23.2. The molecule has 0 aromatic heterocycles. The third-order valence-corrected chi connectivity index (χ3v) is 22.1. The minimum atomic E-state index is -1.64. The molecule has 0 aromatic carbocycles. The van der Waals surface area contributed by atoms with Gasteiger partial charge in [0.05, 0.1) is 0 Å². The molecule has 0 aromatic rings. The summed E-state index contributed by atoms with van der Waals surface area (Å²) in [4.78, 5) is 13.0. The Bertz CT molecular complexity index is 583. The molecule has 0 saturated carbocycles. The van der Waals surface area contributed by atoms with Crippen LogP contribution in [0.4, 0.5) is 0 Å². The van der Waals surface area contributed by atoms with Gasteiger partial charge in [0.25, 0.3) is 0 Å². The summed E-state index contributed by atoms with van der Waals surface area (Å²) in [5, 5.41) is 0. The number of primary amides is 1. The third-order valence-electron chi connectivity index (χ3n) is 5.50. The van der Waals surface area contributed by atoms with E-state index in [1.54, 1.807) is 0 Å². The number of carbonyl (C=O) groups excluding carboxylic acids is 1. The van der Waals surface area contributed by atoms with Crippen LogP contribution in [0, 0.1) is 0 Å². The maximum absolute atomic E-state index is 13.0. The maximum Gasteiger partial charge on any atom is 0.244 e. The Morgan fingerprint density at radius 3 is 1.16 bits per heavy atom. The molecule has 11 heteroatoms. The largest absolute Gasteiger partial charge is 0.460 e. The Kier molecular flexibility index (Phi) is 14.2. The van der Waals surface area contributed by atoms with Gasteiger partial charge in [-0.25, -0.2) is 0 Å². The molecular formula is C21H53NO4Si6. The number of rotatable bonds is 16. The minimum absolute atomic E-state index is 0.180. The summed E-state index contributed by atoms with van der Waals surface area (Å²) in [7, 11) is -7.42. The molecule has 3 unspecified atom stereocenters. The van der Waals surface area contributed by atoms with Crippen molar-refractivity contribution in [1.82, 2.24) is 0 Å².